The second-order valence-corrected chi connectivity index (χ2v) is 6.39. The molecule has 0 heterocycles. The van der Waals surface area contributed by atoms with E-state index in [1.807, 2.05) is 38.1 Å². The van der Waals surface area contributed by atoms with Gasteiger partial charge in [-0.3, -0.25) is 0 Å². The zero-order valence-corrected chi connectivity index (χ0v) is 17.0. The quantitative estimate of drug-likeness (QED) is 0.231. The zero-order valence-electron chi connectivity index (χ0n) is 17.0. The molecule has 1 unspecified atom stereocenters. The molecule has 0 aliphatic heterocycles. The van der Waals surface area contributed by atoms with Gasteiger partial charge in [-0.15, -0.1) is 0 Å². The third kappa shape index (κ3) is 8.39. The van der Waals surface area contributed by atoms with Crippen LogP contribution in [0, 0.1) is 13.8 Å². The number of allylic oxidation sites excluding steroid dienone is 1. The molecule has 0 amide bonds. The van der Waals surface area contributed by atoms with E-state index in [0.717, 1.165) is 41.2 Å². The van der Waals surface area contributed by atoms with Crippen LogP contribution in [-0.2, 0) is 9.57 Å². The first kappa shape index (κ1) is 22.0. The molecule has 0 N–H and O–H groups in total. The molecule has 1 atom stereocenters. The van der Waals surface area contributed by atoms with Crippen molar-refractivity contribution in [2.24, 2.45) is 5.16 Å². The highest BCUT2D eigenvalue weighted by molar-refractivity contribution is 5.82. The number of rotatable bonds is 12. The zero-order chi connectivity index (χ0) is 19.4. The number of nitrogens with zero attached hydrogens (tertiary/aromatic N) is 1. The molecule has 146 valence electrons. The molecule has 0 fully saturated rings. The molecule has 0 saturated carbocycles. The highest BCUT2D eigenvalue weighted by Gasteiger charge is 2.08. The van der Waals surface area contributed by atoms with E-state index in [2.05, 4.69) is 25.9 Å². The Bertz CT molecular complexity index is 573. The van der Waals surface area contributed by atoms with Gasteiger partial charge < -0.3 is 19.0 Å². The van der Waals surface area contributed by atoms with Gasteiger partial charge in [-0.25, -0.2) is 0 Å². The van der Waals surface area contributed by atoms with Gasteiger partial charge in [0.1, 0.15) is 25.2 Å². The summed E-state index contributed by atoms with van der Waals surface area (Å²) in [6, 6.07) is 4.05. The standard InChI is InChI=1S/C21H33NO4/c1-7-8-11-24-20-13-16(2)21(17(3)14-20)25-12-9-10-19(5)26-15-18(4)22-23-6/h7-8,13-14,19H,9-12,15H2,1-6H3/b8-7+,22-18+. The fraction of sp³-hybridized carbons (Fsp3) is 0.571. The van der Waals surface area contributed by atoms with Gasteiger partial charge in [0, 0.05) is 0 Å². The van der Waals surface area contributed by atoms with Crippen molar-refractivity contribution >= 4 is 5.71 Å². The molecule has 0 bridgehead atoms. The summed E-state index contributed by atoms with van der Waals surface area (Å²) in [5.74, 6) is 1.82. The lowest BCUT2D eigenvalue weighted by atomic mass is 10.1. The summed E-state index contributed by atoms with van der Waals surface area (Å²) in [7, 11) is 1.54. The molecule has 0 saturated heterocycles. The maximum absolute atomic E-state index is 5.99. The van der Waals surface area contributed by atoms with Gasteiger partial charge in [0.25, 0.3) is 0 Å². The summed E-state index contributed by atoms with van der Waals surface area (Å²) in [6.45, 7) is 11.8. The SMILES string of the molecule is C/C=C/COc1cc(C)c(OCCCC(C)OC/C(C)=N/OC)c(C)c1. The van der Waals surface area contributed by atoms with Gasteiger partial charge in [-0.1, -0.05) is 17.3 Å². The van der Waals surface area contributed by atoms with Crippen LogP contribution in [0.5, 0.6) is 11.5 Å². The Labute approximate surface area is 158 Å². The summed E-state index contributed by atoms with van der Waals surface area (Å²) in [5.41, 5.74) is 3.02. The molecule has 5 heteroatoms. The number of ether oxygens (including phenoxy) is 3. The molecule has 26 heavy (non-hydrogen) atoms. The Kier molecular flexibility index (Phi) is 10.5. The van der Waals surface area contributed by atoms with E-state index in [9.17, 15) is 0 Å². The molecule has 1 aromatic carbocycles. The van der Waals surface area contributed by atoms with Crippen LogP contribution in [0.2, 0.25) is 0 Å². The highest BCUT2D eigenvalue weighted by atomic mass is 16.6. The lowest BCUT2D eigenvalue weighted by Crippen LogP contribution is -2.15. The normalized spacial score (nSPS) is 13.1. The van der Waals surface area contributed by atoms with Gasteiger partial charge in [0.2, 0.25) is 0 Å². The topological polar surface area (TPSA) is 49.3 Å². The molecule has 1 aromatic rings. The first-order valence-corrected chi connectivity index (χ1v) is 9.14. The van der Waals surface area contributed by atoms with Crippen LogP contribution in [0.4, 0.5) is 0 Å². The lowest BCUT2D eigenvalue weighted by molar-refractivity contribution is 0.0812. The molecular formula is C21H33NO4. The van der Waals surface area contributed by atoms with Gasteiger partial charge >= 0.3 is 0 Å². The van der Waals surface area contributed by atoms with Crippen molar-refractivity contribution in [2.75, 3.05) is 26.9 Å². The maximum atomic E-state index is 5.99. The minimum absolute atomic E-state index is 0.158. The maximum Gasteiger partial charge on any atom is 0.125 e. The van der Waals surface area contributed by atoms with Gasteiger partial charge in [0.15, 0.2) is 0 Å². The van der Waals surface area contributed by atoms with Crippen molar-refractivity contribution in [1.29, 1.82) is 0 Å². The highest BCUT2D eigenvalue weighted by Crippen LogP contribution is 2.28. The van der Waals surface area contributed by atoms with Crippen molar-refractivity contribution in [3.63, 3.8) is 0 Å². The smallest absolute Gasteiger partial charge is 0.125 e. The van der Waals surface area contributed by atoms with Crippen LogP contribution in [0.3, 0.4) is 0 Å². The summed E-state index contributed by atoms with van der Waals surface area (Å²) in [6.07, 6.45) is 5.99. The summed E-state index contributed by atoms with van der Waals surface area (Å²) >= 11 is 0. The van der Waals surface area contributed by atoms with Crippen LogP contribution >= 0.6 is 0 Å². The van der Waals surface area contributed by atoms with Gasteiger partial charge in [0.05, 0.1) is 25.0 Å². The van der Waals surface area contributed by atoms with Gasteiger partial charge in [-0.05, 0) is 70.7 Å². The number of aryl methyl sites for hydroxylation is 2. The predicted octanol–water partition coefficient (Wildman–Crippen LogP) is 4.84. The average Bonchev–Trinajstić information content (AvgIpc) is 2.59. The van der Waals surface area contributed by atoms with Crippen molar-refractivity contribution in [3.05, 3.63) is 35.4 Å². The number of benzene rings is 1. The van der Waals surface area contributed by atoms with Crippen molar-refractivity contribution < 1.29 is 19.0 Å². The fourth-order valence-electron chi connectivity index (χ4n) is 2.54. The van der Waals surface area contributed by atoms with E-state index in [4.69, 9.17) is 19.0 Å². The molecule has 0 spiro atoms. The Hall–Kier alpha value is -2.01. The van der Waals surface area contributed by atoms with E-state index in [1.54, 1.807) is 0 Å². The van der Waals surface area contributed by atoms with Crippen molar-refractivity contribution in [3.8, 4) is 11.5 Å². The summed E-state index contributed by atoms with van der Waals surface area (Å²) < 4.78 is 17.4. The van der Waals surface area contributed by atoms with E-state index in [-0.39, 0.29) is 6.10 Å². The van der Waals surface area contributed by atoms with Crippen LogP contribution < -0.4 is 9.47 Å². The monoisotopic (exact) mass is 363 g/mol. The minimum Gasteiger partial charge on any atom is -0.493 e. The molecule has 0 radical (unpaired) electrons. The van der Waals surface area contributed by atoms with Crippen LogP contribution in [0.25, 0.3) is 0 Å². The lowest BCUT2D eigenvalue weighted by Gasteiger charge is -2.16. The van der Waals surface area contributed by atoms with Crippen LogP contribution in [0.15, 0.2) is 29.4 Å². The first-order chi connectivity index (χ1) is 12.5. The van der Waals surface area contributed by atoms with Crippen LogP contribution in [-0.4, -0.2) is 38.7 Å². The van der Waals surface area contributed by atoms with Gasteiger partial charge in [-0.2, -0.15) is 0 Å². The number of hydrogen-bond donors (Lipinski definition) is 0. The Morgan fingerprint density at radius 2 is 1.88 bits per heavy atom. The minimum atomic E-state index is 0.158. The molecule has 5 nitrogen and oxygen atoms in total. The average molecular weight is 363 g/mol. The summed E-state index contributed by atoms with van der Waals surface area (Å²) in [5, 5.41) is 3.84. The van der Waals surface area contributed by atoms with E-state index in [1.165, 1.54) is 7.11 Å². The second kappa shape index (κ2) is 12.4. The Morgan fingerprint density at radius 1 is 1.19 bits per heavy atom. The molecule has 0 aliphatic carbocycles. The van der Waals surface area contributed by atoms with E-state index < -0.39 is 0 Å². The number of hydrogen-bond acceptors (Lipinski definition) is 5. The van der Waals surface area contributed by atoms with E-state index in [0.29, 0.717) is 19.8 Å². The fourth-order valence-corrected chi connectivity index (χ4v) is 2.54. The Balaban J connectivity index is 2.39. The Morgan fingerprint density at radius 3 is 2.50 bits per heavy atom. The molecule has 0 aliphatic rings. The number of oxime groups is 1. The second-order valence-electron chi connectivity index (χ2n) is 6.39. The van der Waals surface area contributed by atoms with Crippen molar-refractivity contribution in [2.45, 2.75) is 53.6 Å². The first-order valence-electron chi connectivity index (χ1n) is 9.14. The predicted molar refractivity (Wildman–Crippen MR) is 106 cm³/mol. The summed E-state index contributed by atoms with van der Waals surface area (Å²) in [4.78, 5) is 4.72. The molecule has 0 aromatic heterocycles. The van der Waals surface area contributed by atoms with E-state index >= 15 is 0 Å². The van der Waals surface area contributed by atoms with Crippen LogP contribution in [0.1, 0.15) is 44.7 Å². The van der Waals surface area contributed by atoms with Crippen molar-refractivity contribution in [1.82, 2.24) is 0 Å². The molecule has 1 rings (SSSR count). The largest absolute Gasteiger partial charge is 0.493 e. The molecular weight excluding hydrogens is 330 g/mol. The third-order valence-corrected chi connectivity index (χ3v) is 3.84. The third-order valence-electron chi connectivity index (χ3n) is 3.84.